The Morgan fingerprint density at radius 2 is 1.52 bits per heavy atom. The smallest absolute Gasteiger partial charge is 0.465 e. The summed E-state index contributed by atoms with van der Waals surface area (Å²) in [6, 6.07) is 7.90. The van der Waals surface area contributed by atoms with Gasteiger partial charge in [-0.25, -0.2) is 4.79 Å². The molecule has 2 aliphatic carbocycles. The molecule has 0 aromatic heterocycles. The second-order valence-electron chi connectivity index (χ2n) is 11.8. The number of hydrogen-bond donors (Lipinski definition) is 2. The van der Waals surface area contributed by atoms with Gasteiger partial charge in [-0.05, 0) is 78.3 Å². The first-order chi connectivity index (χ1) is 14.1. The number of benzene rings is 1. The minimum atomic E-state index is -0.958. The maximum absolute atomic E-state index is 12.4. The van der Waals surface area contributed by atoms with Gasteiger partial charge in [0.25, 0.3) is 0 Å². The number of carboxylic acid groups (broad SMARTS) is 1. The predicted molar refractivity (Wildman–Crippen MR) is 120 cm³/mol. The molecule has 6 nitrogen and oxygen atoms in total. The lowest BCUT2D eigenvalue weighted by atomic mass is 9.58. The fraction of sp³-hybridized carbons (Fsp3) is 0.708. The quantitative estimate of drug-likeness (QED) is 0.710. The van der Waals surface area contributed by atoms with E-state index in [4.69, 9.17) is 9.31 Å². The van der Waals surface area contributed by atoms with Crippen molar-refractivity contribution in [3.63, 3.8) is 0 Å². The zero-order valence-corrected chi connectivity index (χ0v) is 19.9. The van der Waals surface area contributed by atoms with E-state index in [0.717, 1.165) is 23.9 Å². The second-order valence-corrected chi connectivity index (χ2v) is 11.8. The van der Waals surface area contributed by atoms with E-state index in [0.29, 0.717) is 18.8 Å². The van der Waals surface area contributed by atoms with Gasteiger partial charge in [0.1, 0.15) is 0 Å². The van der Waals surface area contributed by atoms with Crippen LogP contribution in [0, 0.1) is 5.92 Å². The molecule has 2 N–H and O–H groups in total. The van der Waals surface area contributed by atoms with E-state index in [1.54, 1.807) is 4.90 Å². The third-order valence-electron chi connectivity index (χ3n) is 7.80. The normalized spacial score (nSPS) is 31.9. The molecule has 1 aromatic rings. The summed E-state index contributed by atoms with van der Waals surface area (Å²) in [6.45, 7) is 13.8. The van der Waals surface area contributed by atoms with E-state index in [1.165, 1.54) is 0 Å². The molecule has 2 saturated carbocycles. The number of amides is 1. The van der Waals surface area contributed by atoms with Crippen molar-refractivity contribution in [2.75, 3.05) is 0 Å². The fourth-order valence-electron chi connectivity index (χ4n) is 5.40. The highest BCUT2D eigenvalue weighted by Gasteiger charge is 2.65. The molecule has 3 fully saturated rings. The molecule has 1 saturated heterocycles. The van der Waals surface area contributed by atoms with Gasteiger partial charge in [0, 0.05) is 18.4 Å². The van der Waals surface area contributed by atoms with Crippen LogP contribution in [0.5, 0.6) is 0 Å². The van der Waals surface area contributed by atoms with Gasteiger partial charge in [0.2, 0.25) is 0 Å². The second kappa shape index (κ2) is 6.72. The van der Waals surface area contributed by atoms with Crippen LogP contribution in [0.1, 0.15) is 79.7 Å². The van der Waals surface area contributed by atoms with E-state index >= 15 is 0 Å². The van der Waals surface area contributed by atoms with Gasteiger partial charge < -0.3 is 19.5 Å². The summed E-state index contributed by atoms with van der Waals surface area (Å²) < 4.78 is 12.3. The number of carbonyl (C=O) groups is 1. The van der Waals surface area contributed by atoms with Crippen LogP contribution < -0.4 is 5.46 Å². The Morgan fingerprint density at radius 3 is 1.90 bits per heavy atom. The molecule has 4 rings (SSSR count). The number of nitrogens with zero attached hydrogens (tertiary/aromatic N) is 1. The molecule has 31 heavy (non-hydrogen) atoms. The molecule has 0 unspecified atom stereocenters. The average Bonchev–Trinajstić information content (AvgIpc) is 3.39. The maximum Gasteiger partial charge on any atom is 0.494 e. The molecule has 0 spiro atoms. The van der Waals surface area contributed by atoms with Crippen molar-refractivity contribution in [1.29, 1.82) is 0 Å². The van der Waals surface area contributed by atoms with E-state index in [1.807, 2.05) is 72.7 Å². The van der Waals surface area contributed by atoms with Gasteiger partial charge >= 0.3 is 13.2 Å². The van der Waals surface area contributed by atoms with Crippen LogP contribution in [0.2, 0.25) is 0 Å². The van der Waals surface area contributed by atoms with Crippen LogP contribution in [-0.4, -0.2) is 50.7 Å². The first-order valence-corrected chi connectivity index (χ1v) is 11.3. The van der Waals surface area contributed by atoms with Crippen LogP contribution in [0.3, 0.4) is 0 Å². The first-order valence-electron chi connectivity index (χ1n) is 11.3. The Labute approximate surface area is 186 Å². The van der Waals surface area contributed by atoms with E-state index in [2.05, 4.69) is 0 Å². The van der Waals surface area contributed by atoms with Crippen molar-refractivity contribution in [1.82, 2.24) is 4.90 Å². The highest BCUT2D eigenvalue weighted by molar-refractivity contribution is 6.62. The number of hydrogen-bond acceptors (Lipinski definition) is 4. The zero-order chi connectivity index (χ0) is 23.0. The highest BCUT2D eigenvalue weighted by Crippen LogP contribution is 2.61. The Hall–Kier alpha value is -1.57. The van der Waals surface area contributed by atoms with Gasteiger partial charge in [0.15, 0.2) is 0 Å². The van der Waals surface area contributed by atoms with Crippen LogP contribution in [0.4, 0.5) is 4.79 Å². The summed E-state index contributed by atoms with van der Waals surface area (Å²) in [5, 5.41) is 21.3. The summed E-state index contributed by atoms with van der Waals surface area (Å²) >= 11 is 0. The van der Waals surface area contributed by atoms with Crippen molar-refractivity contribution in [3.8, 4) is 0 Å². The molecular formula is C24H36BNO5. The number of aliphatic hydroxyl groups is 1. The molecule has 0 bridgehead atoms. The lowest BCUT2D eigenvalue weighted by Crippen LogP contribution is -2.69. The Kier molecular flexibility index (Phi) is 4.90. The summed E-state index contributed by atoms with van der Waals surface area (Å²) in [4.78, 5) is 13.9. The third kappa shape index (κ3) is 3.59. The van der Waals surface area contributed by atoms with E-state index < -0.39 is 41.1 Å². The zero-order valence-electron chi connectivity index (χ0n) is 19.9. The van der Waals surface area contributed by atoms with Crippen molar-refractivity contribution in [2.45, 2.75) is 102 Å². The molecular weight excluding hydrogens is 393 g/mol. The summed E-state index contributed by atoms with van der Waals surface area (Å²) in [5.74, 6) is 0.292. The lowest BCUT2D eigenvalue weighted by molar-refractivity contribution is -0.173. The summed E-state index contributed by atoms with van der Waals surface area (Å²) in [6.07, 6.45) is 1.96. The minimum absolute atomic E-state index is 0.292. The van der Waals surface area contributed by atoms with Crippen LogP contribution in [0.15, 0.2) is 24.3 Å². The van der Waals surface area contributed by atoms with Gasteiger partial charge in [-0.15, -0.1) is 0 Å². The largest absolute Gasteiger partial charge is 0.494 e. The third-order valence-corrected chi connectivity index (χ3v) is 7.80. The first kappa shape index (κ1) is 22.6. The van der Waals surface area contributed by atoms with Crippen LogP contribution in [-0.2, 0) is 14.8 Å². The SMILES string of the molecule is CC(C)(C)N(C(=O)O)C1(c2ccc(B3OC(C)(C)C(C)(C)O3)cc2)CC(O)(C2CC2)C1. The molecule has 1 aliphatic heterocycles. The minimum Gasteiger partial charge on any atom is -0.465 e. The maximum atomic E-state index is 12.4. The van der Waals surface area contributed by atoms with Gasteiger partial charge in [-0.1, -0.05) is 24.3 Å². The Bertz CT molecular complexity index is 847. The standard InChI is InChI=1S/C24H36BNO5/c1-20(2,3)26(19(27)28)23(14-24(29,15-23)17-8-9-17)16-10-12-18(13-11-16)25-30-21(4,5)22(6,7)31-25/h10-13,17,29H,8-9,14-15H2,1-7H3,(H,27,28). The highest BCUT2D eigenvalue weighted by atomic mass is 16.7. The van der Waals surface area contributed by atoms with Crippen molar-refractivity contribution < 1.29 is 24.3 Å². The van der Waals surface area contributed by atoms with E-state index in [-0.39, 0.29) is 0 Å². The predicted octanol–water partition coefficient (Wildman–Crippen LogP) is 3.89. The van der Waals surface area contributed by atoms with Crippen molar-refractivity contribution >= 4 is 18.7 Å². The molecule has 0 radical (unpaired) electrons. The Balaban J connectivity index is 1.66. The van der Waals surface area contributed by atoms with Crippen LogP contribution >= 0.6 is 0 Å². The molecule has 3 aliphatic rings. The van der Waals surface area contributed by atoms with Crippen LogP contribution in [0.25, 0.3) is 0 Å². The molecule has 0 atom stereocenters. The fourth-order valence-corrected chi connectivity index (χ4v) is 5.40. The number of rotatable bonds is 4. The Morgan fingerprint density at radius 1 is 1.03 bits per heavy atom. The monoisotopic (exact) mass is 429 g/mol. The van der Waals surface area contributed by atoms with Gasteiger partial charge in [0.05, 0.1) is 22.3 Å². The van der Waals surface area contributed by atoms with Crippen molar-refractivity contribution in [3.05, 3.63) is 29.8 Å². The topological polar surface area (TPSA) is 79.2 Å². The summed E-state index contributed by atoms with van der Waals surface area (Å²) in [5.41, 5.74) is -1.13. The van der Waals surface area contributed by atoms with Gasteiger partial charge in [-0.3, -0.25) is 4.90 Å². The van der Waals surface area contributed by atoms with E-state index in [9.17, 15) is 15.0 Å². The molecule has 1 heterocycles. The average molecular weight is 429 g/mol. The van der Waals surface area contributed by atoms with Gasteiger partial charge in [-0.2, -0.15) is 0 Å². The molecule has 170 valence electrons. The summed E-state index contributed by atoms with van der Waals surface area (Å²) in [7, 11) is -0.460. The molecule has 7 heteroatoms. The lowest BCUT2D eigenvalue weighted by Gasteiger charge is -2.61. The molecule has 1 aromatic carbocycles. The molecule has 1 amide bonds. The van der Waals surface area contributed by atoms with Crippen molar-refractivity contribution in [2.24, 2.45) is 5.92 Å².